The standard InChI is InChI=1S/C32H32N4O5S/c1-4-28(32(39)35-29-18-21(3)41-36-29)42-26-13-9-12-24(20-26)33-31(38)27(34-30(37)23-10-7-6-8-11-23)19-22-14-16-25(17-15-22)40-5-2/h6-20,28H,4-5H2,1-3H3,(H,33,38)(H,34,37)(H,35,36,39)/b27-19+. The van der Waals surface area contributed by atoms with Gasteiger partial charge < -0.3 is 25.2 Å². The van der Waals surface area contributed by atoms with Crippen LogP contribution in [0.3, 0.4) is 0 Å². The number of hydrogen-bond acceptors (Lipinski definition) is 7. The highest BCUT2D eigenvalue weighted by molar-refractivity contribution is 8.00. The van der Waals surface area contributed by atoms with E-state index in [0.29, 0.717) is 47.2 Å². The second kappa shape index (κ2) is 14.7. The Labute approximate surface area is 248 Å². The molecule has 0 saturated heterocycles. The Hall–Kier alpha value is -4.83. The molecule has 0 aliphatic heterocycles. The molecule has 1 aromatic heterocycles. The number of nitrogens with one attached hydrogen (secondary N) is 3. The number of rotatable bonds is 12. The molecule has 0 aliphatic rings. The third-order valence-electron chi connectivity index (χ3n) is 5.94. The highest BCUT2D eigenvalue weighted by Crippen LogP contribution is 2.29. The molecular formula is C32H32N4O5S. The summed E-state index contributed by atoms with van der Waals surface area (Å²) in [5, 5.41) is 11.8. The molecule has 1 atom stereocenters. The first kappa shape index (κ1) is 30.1. The van der Waals surface area contributed by atoms with Gasteiger partial charge in [-0.1, -0.05) is 48.5 Å². The van der Waals surface area contributed by atoms with Gasteiger partial charge in [0.1, 0.15) is 17.2 Å². The van der Waals surface area contributed by atoms with Gasteiger partial charge in [-0.25, -0.2) is 0 Å². The predicted octanol–water partition coefficient (Wildman–Crippen LogP) is 6.30. The van der Waals surface area contributed by atoms with E-state index in [4.69, 9.17) is 9.26 Å². The molecule has 0 spiro atoms. The van der Waals surface area contributed by atoms with Crippen molar-refractivity contribution >= 4 is 47.1 Å². The van der Waals surface area contributed by atoms with Crippen molar-refractivity contribution in [2.75, 3.05) is 17.2 Å². The van der Waals surface area contributed by atoms with Crippen molar-refractivity contribution in [2.24, 2.45) is 0 Å². The zero-order valence-corrected chi connectivity index (χ0v) is 24.4. The van der Waals surface area contributed by atoms with Gasteiger partial charge in [-0.2, -0.15) is 0 Å². The lowest BCUT2D eigenvalue weighted by Gasteiger charge is -2.15. The van der Waals surface area contributed by atoms with Crippen LogP contribution in [0.4, 0.5) is 11.5 Å². The number of aromatic nitrogens is 1. The Morgan fingerprint density at radius 3 is 2.38 bits per heavy atom. The average Bonchev–Trinajstić information content (AvgIpc) is 3.41. The van der Waals surface area contributed by atoms with E-state index in [-0.39, 0.29) is 11.6 Å². The second-order valence-electron chi connectivity index (χ2n) is 9.19. The molecule has 10 heteroatoms. The highest BCUT2D eigenvalue weighted by atomic mass is 32.2. The molecule has 1 unspecified atom stereocenters. The Morgan fingerprint density at radius 1 is 0.952 bits per heavy atom. The Balaban J connectivity index is 1.50. The fourth-order valence-electron chi connectivity index (χ4n) is 3.90. The van der Waals surface area contributed by atoms with Gasteiger partial charge in [0, 0.05) is 22.2 Å². The van der Waals surface area contributed by atoms with Crippen LogP contribution >= 0.6 is 11.8 Å². The zero-order chi connectivity index (χ0) is 29.9. The van der Waals surface area contributed by atoms with Gasteiger partial charge in [-0.05, 0) is 74.4 Å². The summed E-state index contributed by atoms with van der Waals surface area (Å²) in [4.78, 5) is 40.0. The van der Waals surface area contributed by atoms with Crippen LogP contribution in [0.5, 0.6) is 5.75 Å². The summed E-state index contributed by atoms with van der Waals surface area (Å²) < 4.78 is 10.5. The van der Waals surface area contributed by atoms with Crippen LogP contribution in [0, 0.1) is 6.92 Å². The number of hydrogen-bond donors (Lipinski definition) is 3. The highest BCUT2D eigenvalue weighted by Gasteiger charge is 2.20. The lowest BCUT2D eigenvalue weighted by atomic mass is 10.1. The van der Waals surface area contributed by atoms with Crippen molar-refractivity contribution < 1.29 is 23.6 Å². The molecule has 4 rings (SSSR count). The number of aryl methyl sites for hydroxylation is 1. The van der Waals surface area contributed by atoms with Gasteiger partial charge >= 0.3 is 0 Å². The molecule has 0 fully saturated rings. The number of carbonyl (C=O) groups excluding carboxylic acids is 3. The van der Waals surface area contributed by atoms with Crippen LogP contribution in [-0.2, 0) is 9.59 Å². The van der Waals surface area contributed by atoms with E-state index in [2.05, 4.69) is 21.1 Å². The third-order valence-corrected chi connectivity index (χ3v) is 7.30. The van der Waals surface area contributed by atoms with Gasteiger partial charge in [-0.3, -0.25) is 14.4 Å². The minimum atomic E-state index is -0.499. The molecule has 0 bridgehead atoms. The van der Waals surface area contributed by atoms with E-state index in [1.54, 1.807) is 85.8 Å². The third kappa shape index (κ3) is 8.58. The fourth-order valence-corrected chi connectivity index (χ4v) is 4.91. The number of thioether (sulfide) groups is 1. The molecule has 3 amide bonds. The van der Waals surface area contributed by atoms with E-state index in [1.807, 2.05) is 26.0 Å². The number of amides is 3. The minimum absolute atomic E-state index is 0.0692. The van der Waals surface area contributed by atoms with Crippen molar-refractivity contribution in [3.05, 3.63) is 108 Å². The van der Waals surface area contributed by atoms with Crippen molar-refractivity contribution in [1.29, 1.82) is 0 Å². The van der Waals surface area contributed by atoms with Crippen LogP contribution in [0.1, 0.15) is 41.9 Å². The van der Waals surface area contributed by atoms with Crippen LogP contribution in [0.25, 0.3) is 6.08 Å². The quantitative estimate of drug-likeness (QED) is 0.132. The smallest absolute Gasteiger partial charge is 0.272 e. The van der Waals surface area contributed by atoms with Gasteiger partial charge in [0.2, 0.25) is 5.91 Å². The Morgan fingerprint density at radius 2 is 1.71 bits per heavy atom. The second-order valence-corrected chi connectivity index (χ2v) is 10.5. The van der Waals surface area contributed by atoms with E-state index in [9.17, 15) is 14.4 Å². The topological polar surface area (TPSA) is 123 Å². The summed E-state index contributed by atoms with van der Waals surface area (Å²) >= 11 is 1.37. The predicted molar refractivity (Wildman–Crippen MR) is 164 cm³/mol. The van der Waals surface area contributed by atoms with E-state index in [1.165, 1.54) is 11.8 Å². The van der Waals surface area contributed by atoms with Gasteiger partial charge in [0.15, 0.2) is 5.82 Å². The van der Waals surface area contributed by atoms with Gasteiger partial charge in [0.05, 0.1) is 11.9 Å². The molecule has 42 heavy (non-hydrogen) atoms. The maximum Gasteiger partial charge on any atom is 0.272 e. The van der Waals surface area contributed by atoms with Crippen LogP contribution < -0.4 is 20.7 Å². The monoisotopic (exact) mass is 584 g/mol. The lowest BCUT2D eigenvalue weighted by molar-refractivity contribution is -0.116. The van der Waals surface area contributed by atoms with Crippen LogP contribution in [0.15, 0.2) is 100 Å². The summed E-state index contributed by atoms with van der Waals surface area (Å²) in [6.07, 6.45) is 2.18. The largest absolute Gasteiger partial charge is 0.494 e. The van der Waals surface area contributed by atoms with E-state index < -0.39 is 17.1 Å². The molecule has 3 N–H and O–H groups in total. The maximum absolute atomic E-state index is 13.5. The number of nitrogens with zero attached hydrogens (tertiary/aromatic N) is 1. The van der Waals surface area contributed by atoms with Gasteiger partial charge in [0.25, 0.3) is 11.8 Å². The van der Waals surface area contributed by atoms with Crippen molar-refractivity contribution in [3.8, 4) is 5.75 Å². The number of anilines is 2. The Bertz CT molecular complexity index is 1550. The van der Waals surface area contributed by atoms with E-state index >= 15 is 0 Å². The summed E-state index contributed by atoms with van der Waals surface area (Å²) in [5.74, 6) is 0.563. The van der Waals surface area contributed by atoms with Crippen LogP contribution in [-0.4, -0.2) is 34.7 Å². The van der Waals surface area contributed by atoms with Crippen molar-refractivity contribution in [1.82, 2.24) is 10.5 Å². The summed E-state index contributed by atoms with van der Waals surface area (Å²) in [6, 6.07) is 24.7. The summed E-state index contributed by atoms with van der Waals surface area (Å²) in [7, 11) is 0. The SMILES string of the molecule is CCOc1ccc(/C=C(/NC(=O)c2ccccc2)C(=O)Nc2cccc(SC(CC)C(=O)Nc3cc(C)on3)c2)cc1. The molecule has 4 aromatic rings. The normalized spacial score (nSPS) is 11.8. The molecular weight excluding hydrogens is 552 g/mol. The average molecular weight is 585 g/mol. The maximum atomic E-state index is 13.5. The molecule has 3 aromatic carbocycles. The van der Waals surface area contributed by atoms with Gasteiger partial charge in [-0.15, -0.1) is 11.8 Å². The van der Waals surface area contributed by atoms with Crippen molar-refractivity contribution in [2.45, 2.75) is 37.3 Å². The summed E-state index contributed by atoms with van der Waals surface area (Å²) in [5.41, 5.74) is 1.71. The number of ether oxygens (including phenoxy) is 1. The first-order valence-electron chi connectivity index (χ1n) is 13.5. The number of benzene rings is 3. The van der Waals surface area contributed by atoms with Crippen LogP contribution in [0.2, 0.25) is 0 Å². The van der Waals surface area contributed by atoms with E-state index in [0.717, 1.165) is 4.90 Å². The molecule has 216 valence electrons. The molecule has 0 saturated carbocycles. The number of carbonyl (C=O) groups is 3. The summed E-state index contributed by atoms with van der Waals surface area (Å²) in [6.45, 7) is 6.11. The first-order chi connectivity index (χ1) is 20.3. The lowest BCUT2D eigenvalue weighted by Crippen LogP contribution is -2.30. The van der Waals surface area contributed by atoms with Crippen molar-refractivity contribution in [3.63, 3.8) is 0 Å². The first-order valence-corrected chi connectivity index (χ1v) is 14.4. The fraction of sp³-hybridized carbons (Fsp3) is 0.188. The Kier molecular flexibility index (Phi) is 10.5. The minimum Gasteiger partial charge on any atom is -0.494 e. The zero-order valence-electron chi connectivity index (χ0n) is 23.5. The molecule has 1 heterocycles. The molecule has 0 aliphatic carbocycles. The molecule has 0 radical (unpaired) electrons. The molecule has 9 nitrogen and oxygen atoms in total.